The fraction of sp³-hybridized carbons (Fsp3) is 0.310. The Morgan fingerprint density at radius 2 is 1.65 bits per heavy atom. The van der Waals surface area contributed by atoms with Gasteiger partial charge in [0.2, 0.25) is 11.8 Å². The van der Waals surface area contributed by atoms with Crippen molar-refractivity contribution in [3.05, 3.63) is 83.4 Å². The number of benzene rings is 3. The van der Waals surface area contributed by atoms with Crippen LogP contribution in [0.3, 0.4) is 0 Å². The van der Waals surface area contributed by atoms with Crippen LogP contribution in [0.4, 0.5) is 5.69 Å². The molecular formula is C29H34ClN3O6S. The third kappa shape index (κ3) is 7.67. The number of hydrogen-bond donors (Lipinski definition) is 1. The number of anilines is 1. The summed E-state index contributed by atoms with van der Waals surface area (Å²) in [7, 11) is -2.66. The van der Waals surface area contributed by atoms with Gasteiger partial charge in [-0.25, -0.2) is 8.42 Å². The Kier molecular flexibility index (Phi) is 10.8. The van der Waals surface area contributed by atoms with Gasteiger partial charge in [-0.3, -0.25) is 13.9 Å². The maximum Gasteiger partial charge on any atom is 0.264 e. The predicted octanol–water partition coefficient (Wildman–Crippen LogP) is 4.50. The van der Waals surface area contributed by atoms with Crippen molar-refractivity contribution in [3.8, 4) is 11.5 Å². The number of sulfonamides is 1. The number of carbonyl (C=O) groups is 2. The number of ether oxygens (including phenoxy) is 2. The van der Waals surface area contributed by atoms with Gasteiger partial charge < -0.3 is 19.7 Å². The molecule has 0 unspecified atom stereocenters. The van der Waals surface area contributed by atoms with Crippen LogP contribution >= 0.6 is 11.6 Å². The van der Waals surface area contributed by atoms with Crippen molar-refractivity contribution in [2.45, 2.75) is 38.3 Å². The van der Waals surface area contributed by atoms with Gasteiger partial charge in [-0.1, -0.05) is 23.7 Å². The number of carbonyl (C=O) groups excluding carboxylic acids is 2. The lowest BCUT2D eigenvalue weighted by Crippen LogP contribution is -2.51. The zero-order valence-electron chi connectivity index (χ0n) is 23.0. The summed E-state index contributed by atoms with van der Waals surface area (Å²) < 4.78 is 39.5. The summed E-state index contributed by atoms with van der Waals surface area (Å²) in [5.41, 5.74) is 0.982. The van der Waals surface area contributed by atoms with Gasteiger partial charge in [-0.05, 0) is 87.0 Å². The van der Waals surface area contributed by atoms with Crippen LogP contribution in [0.5, 0.6) is 11.5 Å². The molecule has 0 aliphatic rings. The van der Waals surface area contributed by atoms with E-state index in [0.717, 1.165) is 9.87 Å². The van der Waals surface area contributed by atoms with E-state index in [-0.39, 0.29) is 23.0 Å². The molecule has 0 saturated carbocycles. The van der Waals surface area contributed by atoms with Crippen LogP contribution < -0.4 is 19.1 Å². The topological polar surface area (TPSA) is 105 Å². The van der Waals surface area contributed by atoms with Crippen molar-refractivity contribution in [1.82, 2.24) is 10.2 Å². The highest BCUT2D eigenvalue weighted by atomic mass is 35.5. The van der Waals surface area contributed by atoms with E-state index in [2.05, 4.69) is 5.32 Å². The van der Waals surface area contributed by atoms with Crippen molar-refractivity contribution >= 4 is 39.1 Å². The molecule has 3 rings (SSSR count). The molecular weight excluding hydrogens is 554 g/mol. The second kappa shape index (κ2) is 14.0. The van der Waals surface area contributed by atoms with E-state index in [1.165, 1.54) is 36.3 Å². The maximum absolute atomic E-state index is 13.9. The number of nitrogens with zero attached hydrogens (tertiary/aromatic N) is 2. The number of hydrogen-bond acceptors (Lipinski definition) is 6. The van der Waals surface area contributed by atoms with Gasteiger partial charge in [0.25, 0.3) is 10.0 Å². The lowest BCUT2D eigenvalue weighted by atomic mass is 10.1. The minimum atomic E-state index is -4.20. The van der Waals surface area contributed by atoms with E-state index < -0.39 is 28.5 Å². The molecule has 9 nitrogen and oxygen atoms in total. The number of halogens is 1. The minimum Gasteiger partial charge on any atom is -0.497 e. The van der Waals surface area contributed by atoms with E-state index in [4.69, 9.17) is 21.1 Å². The minimum absolute atomic E-state index is 0.0327. The highest BCUT2D eigenvalue weighted by molar-refractivity contribution is 7.92. The summed E-state index contributed by atoms with van der Waals surface area (Å²) in [4.78, 5) is 28.0. The molecule has 0 bridgehead atoms. The number of methoxy groups -OCH3 is 1. The second-order valence-corrected chi connectivity index (χ2v) is 11.1. The lowest BCUT2D eigenvalue weighted by Gasteiger charge is -2.32. The van der Waals surface area contributed by atoms with Gasteiger partial charge in [0, 0.05) is 18.1 Å². The molecule has 40 heavy (non-hydrogen) atoms. The summed E-state index contributed by atoms with van der Waals surface area (Å²) >= 11 is 5.99. The summed E-state index contributed by atoms with van der Waals surface area (Å²) in [6.07, 6.45) is 0. The fourth-order valence-electron chi connectivity index (χ4n) is 4.01. The van der Waals surface area contributed by atoms with E-state index in [1.54, 1.807) is 56.3 Å². The predicted molar refractivity (Wildman–Crippen MR) is 155 cm³/mol. The molecule has 214 valence electrons. The van der Waals surface area contributed by atoms with Gasteiger partial charge >= 0.3 is 0 Å². The van der Waals surface area contributed by atoms with Crippen molar-refractivity contribution in [2.24, 2.45) is 0 Å². The van der Waals surface area contributed by atoms with Crippen LogP contribution in [-0.2, 0) is 26.2 Å². The third-order valence-electron chi connectivity index (χ3n) is 6.12. The number of amides is 2. The summed E-state index contributed by atoms with van der Waals surface area (Å²) in [6.45, 7) is 5.58. The largest absolute Gasteiger partial charge is 0.497 e. The zero-order valence-corrected chi connectivity index (χ0v) is 24.5. The van der Waals surface area contributed by atoms with Gasteiger partial charge in [0.05, 0.1) is 24.3 Å². The average Bonchev–Trinajstić information content (AvgIpc) is 2.95. The highest BCUT2D eigenvalue weighted by Gasteiger charge is 2.32. The third-order valence-corrected chi connectivity index (χ3v) is 8.16. The summed E-state index contributed by atoms with van der Waals surface area (Å²) in [5, 5.41) is 3.12. The second-order valence-electron chi connectivity index (χ2n) is 8.84. The first kappa shape index (κ1) is 30.8. The average molecular weight is 588 g/mol. The number of rotatable bonds is 13. The Balaban J connectivity index is 2.03. The molecule has 0 spiro atoms. The van der Waals surface area contributed by atoms with Crippen molar-refractivity contribution < 1.29 is 27.5 Å². The molecule has 2 amide bonds. The van der Waals surface area contributed by atoms with Crippen LogP contribution in [0.15, 0.2) is 77.7 Å². The molecule has 1 atom stereocenters. The van der Waals surface area contributed by atoms with Crippen molar-refractivity contribution in [3.63, 3.8) is 0 Å². The number of likely N-dealkylation sites (N-methyl/N-ethyl adjacent to an activating group) is 1. The Labute approximate surface area is 240 Å². The molecule has 11 heteroatoms. The molecule has 3 aromatic rings. The normalized spacial score (nSPS) is 11.8. The first-order chi connectivity index (χ1) is 19.1. The summed E-state index contributed by atoms with van der Waals surface area (Å²) in [5.74, 6) is 0.239. The zero-order chi connectivity index (χ0) is 29.3. The summed E-state index contributed by atoms with van der Waals surface area (Å²) in [6, 6.07) is 18.4. The van der Waals surface area contributed by atoms with Crippen LogP contribution in [0, 0.1) is 0 Å². The smallest absolute Gasteiger partial charge is 0.264 e. The first-order valence-corrected chi connectivity index (χ1v) is 14.6. The van der Waals surface area contributed by atoms with Crippen molar-refractivity contribution in [2.75, 3.05) is 31.1 Å². The van der Waals surface area contributed by atoms with Crippen LogP contribution in [0.2, 0.25) is 5.02 Å². The number of nitrogens with one attached hydrogen (secondary N) is 1. The Morgan fingerprint density at radius 3 is 2.25 bits per heavy atom. The first-order valence-electron chi connectivity index (χ1n) is 12.8. The van der Waals surface area contributed by atoms with Crippen LogP contribution in [-0.4, -0.2) is 58.0 Å². The van der Waals surface area contributed by atoms with Crippen LogP contribution in [0.25, 0.3) is 0 Å². The fourth-order valence-corrected chi connectivity index (χ4v) is 5.55. The van der Waals surface area contributed by atoms with E-state index in [1.807, 2.05) is 13.0 Å². The quantitative estimate of drug-likeness (QED) is 0.316. The van der Waals surface area contributed by atoms with Gasteiger partial charge in [-0.2, -0.15) is 0 Å². The molecule has 0 saturated heterocycles. The molecule has 0 aromatic heterocycles. The monoisotopic (exact) mass is 587 g/mol. The molecule has 0 radical (unpaired) electrons. The highest BCUT2D eigenvalue weighted by Crippen LogP contribution is 2.27. The van der Waals surface area contributed by atoms with E-state index in [0.29, 0.717) is 29.7 Å². The van der Waals surface area contributed by atoms with E-state index >= 15 is 0 Å². The standard InChI is InChI=1S/C29H34ClN3O6S/c1-5-31-29(35)21(3)32(19-22-8-7-9-26(18-22)38-4)28(34)20-33(24-12-14-25(15-13-24)39-6-2)40(36,37)27-16-10-23(30)11-17-27/h7-18,21H,5-6,19-20H2,1-4H3,(H,31,35)/t21-/m0/s1. The molecule has 3 aromatic carbocycles. The van der Waals surface area contributed by atoms with Crippen LogP contribution in [0.1, 0.15) is 26.3 Å². The van der Waals surface area contributed by atoms with Gasteiger partial charge in [0.1, 0.15) is 24.1 Å². The Morgan fingerprint density at radius 1 is 0.975 bits per heavy atom. The SMILES string of the molecule is CCNC(=O)[C@H](C)N(Cc1cccc(OC)c1)C(=O)CN(c1ccc(OCC)cc1)S(=O)(=O)c1ccc(Cl)cc1. The Hall–Kier alpha value is -3.76. The lowest BCUT2D eigenvalue weighted by molar-refractivity contribution is -0.139. The Bertz CT molecular complexity index is 1400. The molecule has 0 fully saturated rings. The van der Waals surface area contributed by atoms with Crippen molar-refractivity contribution in [1.29, 1.82) is 0 Å². The molecule has 0 aliphatic carbocycles. The van der Waals surface area contributed by atoms with Gasteiger partial charge in [0.15, 0.2) is 0 Å². The molecule has 0 heterocycles. The molecule has 1 N–H and O–H groups in total. The van der Waals surface area contributed by atoms with E-state index in [9.17, 15) is 18.0 Å². The maximum atomic E-state index is 13.9. The van der Waals surface area contributed by atoms with Gasteiger partial charge in [-0.15, -0.1) is 0 Å². The molecule has 0 aliphatic heterocycles.